The van der Waals surface area contributed by atoms with Crippen molar-refractivity contribution in [3.8, 4) is 23.0 Å². The fourth-order valence-electron chi connectivity index (χ4n) is 6.99. The lowest BCUT2D eigenvalue weighted by Crippen LogP contribution is -2.45. The topological polar surface area (TPSA) is 80.9 Å². The molecule has 7 rings (SSSR count). The van der Waals surface area contributed by atoms with Crippen molar-refractivity contribution in [2.75, 3.05) is 0 Å². The Hall–Kier alpha value is -5.48. The second-order valence-electron chi connectivity index (χ2n) is 10.8. The van der Waals surface area contributed by atoms with Gasteiger partial charge < -0.3 is 20.4 Å². The molecule has 0 spiro atoms. The summed E-state index contributed by atoms with van der Waals surface area (Å²) < 4.78 is 0. The first-order valence-corrected chi connectivity index (χ1v) is 13.8. The highest BCUT2D eigenvalue weighted by Gasteiger charge is 2.53. The number of hydrogen-bond donors (Lipinski definition) is 4. The van der Waals surface area contributed by atoms with E-state index in [4.69, 9.17) is 0 Å². The van der Waals surface area contributed by atoms with Crippen molar-refractivity contribution < 1.29 is 20.4 Å². The smallest absolute Gasteiger partial charge is 0.115 e. The van der Waals surface area contributed by atoms with Crippen molar-refractivity contribution in [2.45, 2.75) is 10.8 Å². The largest absolute Gasteiger partial charge is 0.508 e. The fourth-order valence-corrected chi connectivity index (χ4v) is 6.99. The van der Waals surface area contributed by atoms with E-state index in [1.807, 2.05) is 72.8 Å². The van der Waals surface area contributed by atoms with Gasteiger partial charge in [-0.15, -0.1) is 0 Å². The summed E-state index contributed by atoms with van der Waals surface area (Å²) in [6, 6.07) is 46.2. The zero-order valence-corrected chi connectivity index (χ0v) is 22.6. The van der Waals surface area contributed by atoms with Crippen LogP contribution in [0.2, 0.25) is 0 Å². The molecule has 6 aromatic carbocycles. The monoisotopic (exact) mass is 548 g/mol. The van der Waals surface area contributed by atoms with Crippen molar-refractivity contribution in [3.05, 3.63) is 190 Å². The van der Waals surface area contributed by atoms with Crippen LogP contribution >= 0.6 is 0 Å². The van der Waals surface area contributed by atoms with Crippen molar-refractivity contribution in [3.63, 3.8) is 0 Å². The summed E-state index contributed by atoms with van der Waals surface area (Å²) in [5.41, 5.74) is 6.45. The average Bonchev–Trinajstić information content (AvgIpc) is 3.02. The third-order valence-electron chi connectivity index (χ3n) is 8.67. The molecule has 0 saturated heterocycles. The van der Waals surface area contributed by atoms with Crippen LogP contribution in [-0.4, -0.2) is 20.4 Å². The van der Waals surface area contributed by atoms with Gasteiger partial charge in [0.25, 0.3) is 0 Å². The first-order chi connectivity index (χ1) is 20.5. The SMILES string of the molecule is Oc1ccc(C2(c3ccc(O)cc3)c3ccccc3C(c3ccc(O)cc3)(c3ccc(O)cc3)c3ccccc32)cc1. The molecular weight excluding hydrogens is 520 g/mol. The van der Waals surface area contributed by atoms with Gasteiger partial charge >= 0.3 is 0 Å². The van der Waals surface area contributed by atoms with Crippen LogP contribution in [0.4, 0.5) is 0 Å². The highest BCUT2D eigenvalue weighted by Crippen LogP contribution is 2.60. The molecule has 204 valence electrons. The van der Waals surface area contributed by atoms with E-state index in [9.17, 15) is 20.4 Å². The Bertz CT molecular complexity index is 1600. The molecule has 6 aromatic rings. The van der Waals surface area contributed by atoms with E-state index in [0.29, 0.717) is 0 Å². The van der Waals surface area contributed by atoms with Crippen molar-refractivity contribution in [1.29, 1.82) is 0 Å². The van der Waals surface area contributed by atoms with Crippen LogP contribution in [0.25, 0.3) is 0 Å². The molecule has 1 aliphatic rings. The lowest BCUT2D eigenvalue weighted by molar-refractivity contribution is 0.472. The van der Waals surface area contributed by atoms with Crippen LogP contribution in [0, 0.1) is 0 Å². The summed E-state index contributed by atoms with van der Waals surface area (Å²) in [5.74, 6) is 0.720. The second-order valence-corrected chi connectivity index (χ2v) is 10.8. The number of rotatable bonds is 4. The maximum Gasteiger partial charge on any atom is 0.115 e. The number of benzene rings is 6. The van der Waals surface area contributed by atoms with E-state index in [1.54, 1.807) is 48.5 Å². The second kappa shape index (κ2) is 9.57. The predicted octanol–water partition coefficient (Wildman–Crippen LogP) is 7.59. The normalized spacial score (nSPS) is 14.5. The number of hydrogen-bond acceptors (Lipinski definition) is 4. The first-order valence-electron chi connectivity index (χ1n) is 13.8. The maximum absolute atomic E-state index is 10.3. The van der Waals surface area contributed by atoms with Gasteiger partial charge in [-0.2, -0.15) is 0 Å². The Morgan fingerprint density at radius 1 is 0.262 bits per heavy atom. The zero-order valence-electron chi connectivity index (χ0n) is 22.6. The van der Waals surface area contributed by atoms with Crippen LogP contribution in [0.1, 0.15) is 44.5 Å². The molecule has 4 N–H and O–H groups in total. The first kappa shape index (κ1) is 25.5. The van der Waals surface area contributed by atoms with Crippen LogP contribution in [0.5, 0.6) is 23.0 Å². The third-order valence-corrected chi connectivity index (χ3v) is 8.67. The van der Waals surface area contributed by atoms with E-state index in [1.165, 1.54) is 0 Å². The standard InChI is InChI=1S/C38H28O4/c39-29-17-9-25(10-18-29)37(26-11-19-30(40)20-12-26)33-5-1-2-6-34(33)38(27-13-21-31(41)22-14-27,28-15-23-32(42)24-16-28)36-8-4-3-7-35(36)37/h1-24,39-42H. The van der Waals surface area contributed by atoms with E-state index < -0.39 is 10.8 Å². The summed E-state index contributed by atoms with van der Waals surface area (Å²) in [4.78, 5) is 0. The van der Waals surface area contributed by atoms with E-state index in [-0.39, 0.29) is 23.0 Å². The lowest BCUT2D eigenvalue weighted by Gasteiger charge is -2.51. The van der Waals surface area contributed by atoms with Crippen molar-refractivity contribution in [2.24, 2.45) is 0 Å². The van der Waals surface area contributed by atoms with Gasteiger partial charge in [-0.3, -0.25) is 0 Å². The number of aromatic hydroxyl groups is 4. The van der Waals surface area contributed by atoms with Gasteiger partial charge in [-0.05, 0) is 93.0 Å². The molecule has 0 aliphatic heterocycles. The third kappa shape index (κ3) is 3.55. The zero-order chi connectivity index (χ0) is 28.9. The quantitative estimate of drug-likeness (QED) is 0.183. The Morgan fingerprint density at radius 2 is 0.452 bits per heavy atom. The number of phenolic OH excluding ortho intramolecular Hbond substituents is 4. The van der Waals surface area contributed by atoms with Gasteiger partial charge in [0.2, 0.25) is 0 Å². The minimum absolute atomic E-state index is 0.180. The predicted molar refractivity (Wildman–Crippen MR) is 163 cm³/mol. The van der Waals surface area contributed by atoms with Gasteiger partial charge in [0, 0.05) is 0 Å². The molecule has 0 aromatic heterocycles. The van der Waals surface area contributed by atoms with Gasteiger partial charge in [-0.25, -0.2) is 0 Å². The van der Waals surface area contributed by atoms with Gasteiger partial charge in [0.1, 0.15) is 23.0 Å². The Morgan fingerprint density at radius 3 is 0.643 bits per heavy atom. The Kier molecular flexibility index (Phi) is 5.80. The summed E-state index contributed by atoms with van der Waals surface area (Å²) in [6.45, 7) is 0. The highest BCUT2D eigenvalue weighted by molar-refractivity contribution is 5.76. The summed E-state index contributed by atoms with van der Waals surface area (Å²) in [6.07, 6.45) is 0. The van der Waals surface area contributed by atoms with Gasteiger partial charge in [-0.1, -0.05) is 97.1 Å². The molecule has 0 amide bonds. The number of fused-ring (bicyclic) bond motifs is 2. The molecule has 1 aliphatic carbocycles. The van der Waals surface area contributed by atoms with Crippen LogP contribution in [0.15, 0.2) is 146 Å². The maximum atomic E-state index is 10.3. The number of phenols is 4. The lowest BCUT2D eigenvalue weighted by atomic mass is 9.50. The Balaban J connectivity index is 1.70. The molecule has 0 heterocycles. The molecule has 0 unspecified atom stereocenters. The molecule has 0 radical (unpaired) electrons. The van der Waals surface area contributed by atoms with Gasteiger partial charge in [0.15, 0.2) is 0 Å². The molecule has 42 heavy (non-hydrogen) atoms. The van der Waals surface area contributed by atoms with E-state index in [0.717, 1.165) is 44.5 Å². The highest BCUT2D eigenvalue weighted by atomic mass is 16.3. The average molecular weight is 549 g/mol. The van der Waals surface area contributed by atoms with E-state index in [2.05, 4.69) is 24.3 Å². The molecule has 0 atom stereocenters. The molecular formula is C38H28O4. The molecule has 0 fully saturated rings. The summed E-state index contributed by atoms with van der Waals surface area (Å²) in [5, 5.41) is 41.2. The van der Waals surface area contributed by atoms with Crippen LogP contribution < -0.4 is 0 Å². The van der Waals surface area contributed by atoms with Gasteiger partial charge in [0.05, 0.1) is 10.8 Å². The van der Waals surface area contributed by atoms with E-state index >= 15 is 0 Å². The molecule has 0 saturated carbocycles. The minimum Gasteiger partial charge on any atom is -0.508 e. The summed E-state index contributed by atoms with van der Waals surface area (Å²) in [7, 11) is 0. The summed E-state index contributed by atoms with van der Waals surface area (Å²) >= 11 is 0. The molecule has 0 bridgehead atoms. The molecule has 4 heteroatoms. The molecule has 4 nitrogen and oxygen atoms in total. The minimum atomic E-state index is -0.800. The van der Waals surface area contributed by atoms with Crippen LogP contribution in [0.3, 0.4) is 0 Å². The van der Waals surface area contributed by atoms with Crippen molar-refractivity contribution in [1.82, 2.24) is 0 Å². The fraction of sp³-hybridized carbons (Fsp3) is 0.0526. The Labute approximate surface area is 244 Å². The van der Waals surface area contributed by atoms with Crippen LogP contribution in [-0.2, 0) is 10.8 Å². The van der Waals surface area contributed by atoms with Crippen molar-refractivity contribution >= 4 is 0 Å².